The molecule has 0 amide bonds. The third-order valence-electron chi connectivity index (χ3n) is 7.77. The number of rotatable bonds is 22. The number of carbonyl (C=O) groups is 2. The van der Waals surface area contributed by atoms with E-state index in [2.05, 4.69) is 6.55 Å². The van der Waals surface area contributed by atoms with Crippen LogP contribution in [0.4, 0.5) is 0 Å². The summed E-state index contributed by atoms with van der Waals surface area (Å²) in [5.41, 5.74) is 2.50. The average molecular weight is 648 g/mol. The van der Waals surface area contributed by atoms with Crippen LogP contribution in [-0.2, 0) is 14.0 Å². The lowest BCUT2D eigenvalue weighted by Crippen LogP contribution is -2.26. The van der Waals surface area contributed by atoms with Gasteiger partial charge in [-0.05, 0) is 85.8 Å². The van der Waals surface area contributed by atoms with Gasteiger partial charge in [-0.15, -0.1) is 0 Å². The van der Waals surface area contributed by atoms with Gasteiger partial charge in [-0.3, -0.25) is 0 Å². The van der Waals surface area contributed by atoms with Crippen molar-refractivity contribution in [3.05, 3.63) is 78.4 Å². The summed E-state index contributed by atoms with van der Waals surface area (Å²) in [6.45, 7) is 7.04. The van der Waals surface area contributed by atoms with Crippen LogP contribution in [0.2, 0.25) is 12.6 Å². The predicted molar refractivity (Wildman–Crippen MR) is 185 cm³/mol. The van der Waals surface area contributed by atoms with Crippen molar-refractivity contribution in [2.24, 2.45) is 0 Å². The minimum Gasteiger partial charge on any atom is -0.494 e. The Balaban J connectivity index is 1.34. The summed E-state index contributed by atoms with van der Waals surface area (Å²) in [5.74, 6) is 0.886. The van der Waals surface area contributed by atoms with Crippen LogP contribution in [0, 0.1) is 0 Å². The molecule has 0 fully saturated rings. The number of carbonyl (C=O) groups excluding carboxylic acids is 2. The zero-order valence-electron chi connectivity index (χ0n) is 28.1. The lowest BCUT2D eigenvalue weighted by atomic mass is 10.0. The quantitative estimate of drug-likeness (QED) is 0.0465. The topological polar surface area (TPSA) is 80.3 Å². The molecule has 0 aliphatic heterocycles. The molecule has 248 valence electrons. The fourth-order valence-corrected chi connectivity index (χ4v) is 5.76. The number of ether oxygens (including phenoxy) is 4. The van der Waals surface area contributed by atoms with Gasteiger partial charge in [0.15, 0.2) is 6.10 Å². The molecule has 0 radical (unpaired) electrons. The van der Waals surface area contributed by atoms with Crippen LogP contribution in [0.3, 0.4) is 0 Å². The minimum atomic E-state index is -0.728. The highest BCUT2D eigenvalue weighted by molar-refractivity contribution is 6.50. The second kappa shape index (κ2) is 21.2. The van der Waals surface area contributed by atoms with E-state index in [-0.39, 0.29) is 0 Å². The predicted octanol–water partition coefficient (Wildman–Crippen LogP) is 9.45. The monoisotopic (exact) mass is 647 g/mol. The molecule has 0 saturated carbocycles. The summed E-state index contributed by atoms with van der Waals surface area (Å²) in [6, 6.07) is 23.2. The molecule has 0 spiro atoms. The number of hydrogen-bond acceptors (Lipinski definition) is 7. The Kier molecular flexibility index (Phi) is 17.0. The molecule has 3 rings (SSSR count). The molecule has 0 aliphatic rings. The van der Waals surface area contributed by atoms with Crippen LogP contribution in [0.15, 0.2) is 72.8 Å². The fraction of sp³-hybridized carbons (Fsp3) is 0.474. The second-order valence-electron chi connectivity index (χ2n) is 11.6. The Hall–Kier alpha value is -3.62. The molecular weight excluding hydrogens is 596 g/mol. The first kappa shape index (κ1) is 36.8. The minimum absolute atomic E-state index is 0.384. The van der Waals surface area contributed by atoms with Gasteiger partial charge in [-0.25, -0.2) is 14.0 Å². The normalized spacial score (nSPS) is 11.5. The van der Waals surface area contributed by atoms with E-state index in [1.165, 1.54) is 51.0 Å². The van der Waals surface area contributed by atoms with Crippen LogP contribution in [-0.4, -0.2) is 47.4 Å². The Bertz CT molecular complexity index is 1280. The summed E-state index contributed by atoms with van der Waals surface area (Å²) in [4.78, 5) is 24.7. The molecule has 0 aromatic heterocycles. The van der Waals surface area contributed by atoms with E-state index >= 15 is 0 Å². The van der Waals surface area contributed by atoms with Crippen molar-refractivity contribution in [1.29, 1.82) is 0 Å². The number of esters is 2. The Morgan fingerprint density at radius 1 is 0.674 bits per heavy atom. The zero-order chi connectivity index (χ0) is 33.0. The van der Waals surface area contributed by atoms with E-state index in [9.17, 15) is 9.59 Å². The van der Waals surface area contributed by atoms with Gasteiger partial charge in [-0.2, -0.15) is 0 Å². The third kappa shape index (κ3) is 13.8. The highest BCUT2D eigenvalue weighted by atomic mass is 28.3. The molecule has 7 nitrogen and oxygen atoms in total. The highest BCUT2D eigenvalue weighted by Gasteiger charge is 2.18. The maximum Gasteiger partial charge on any atom is 0.469 e. The molecule has 46 heavy (non-hydrogen) atoms. The van der Waals surface area contributed by atoms with Crippen molar-refractivity contribution in [2.75, 3.05) is 20.3 Å². The van der Waals surface area contributed by atoms with E-state index in [1.54, 1.807) is 43.3 Å². The first-order valence-electron chi connectivity index (χ1n) is 16.7. The van der Waals surface area contributed by atoms with E-state index in [0.717, 1.165) is 42.7 Å². The number of benzene rings is 3. The molecule has 0 saturated heterocycles. The summed E-state index contributed by atoms with van der Waals surface area (Å²) in [5, 5.41) is 0. The lowest BCUT2D eigenvalue weighted by Gasteiger charge is -2.14. The number of hydrogen-bond donors (Lipinski definition) is 0. The molecule has 0 aliphatic carbocycles. The first-order chi connectivity index (χ1) is 22.4. The van der Waals surface area contributed by atoms with Crippen LogP contribution >= 0.6 is 0 Å². The van der Waals surface area contributed by atoms with Crippen molar-refractivity contribution in [1.82, 2.24) is 0 Å². The van der Waals surface area contributed by atoms with Gasteiger partial charge >= 0.3 is 21.0 Å². The Morgan fingerprint density at radius 3 is 1.83 bits per heavy atom. The first-order valence-corrected chi connectivity index (χ1v) is 18.9. The van der Waals surface area contributed by atoms with Gasteiger partial charge < -0.3 is 18.9 Å². The van der Waals surface area contributed by atoms with Crippen molar-refractivity contribution in [2.45, 2.75) is 96.8 Å². The molecule has 1 atom stereocenters. The molecule has 0 bridgehead atoms. The van der Waals surface area contributed by atoms with Crippen molar-refractivity contribution in [3.8, 4) is 28.4 Å². The van der Waals surface area contributed by atoms with Crippen LogP contribution < -0.4 is 14.2 Å². The van der Waals surface area contributed by atoms with Crippen molar-refractivity contribution in [3.63, 3.8) is 0 Å². The van der Waals surface area contributed by atoms with Gasteiger partial charge in [0, 0.05) is 0 Å². The Labute approximate surface area is 277 Å². The van der Waals surface area contributed by atoms with Crippen molar-refractivity contribution >= 4 is 21.0 Å². The summed E-state index contributed by atoms with van der Waals surface area (Å²) >= 11 is 0. The SMILES string of the molecule is CCCCOC(=O)C(C)Oc1ccc(OC(=O)c2ccc(-c3ccc(OCCCCCCCCCC[Si+](C)OC)cc3)cc2)cc1. The van der Waals surface area contributed by atoms with E-state index in [0.29, 0.717) is 23.7 Å². The van der Waals surface area contributed by atoms with E-state index < -0.39 is 27.1 Å². The standard InChI is InChI=1S/C38H51O7Si/c1-5-6-27-43-37(39)30(2)44-35-23-25-36(26-24-35)45-38(40)33-17-15-31(16-18-33)32-19-21-34(22-20-32)42-28-13-11-9-7-8-10-12-14-29-46(4)41-3/h15-26,30H,5-14,27-29H2,1-4H3/q+1. The van der Waals surface area contributed by atoms with Gasteiger partial charge in [-0.1, -0.05) is 76.1 Å². The van der Waals surface area contributed by atoms with Crippen LogP contribution in [0.25, 0.3) is 11.1 Å². The Morgan fingerprint density at radius 2 is 1.22 bits per heavy atom. The van der Waals surface area contributed by atoms with Crippen LogP contribution in [0.5, 0.6) is 17.2 Å². The molecule has 3 aromatic carbocycles. The molecule has 0 N–H and O–H groups in total. The van der Waals surface area contributed by atoms with Gasteiger partial charge in [0.25, 0.3) is 0 Å². The van der Waals surface area contributed by atoms with E-state index in [1.807, 2.05) is 50.4 Å². The second-order valence-corrected chi connectivity index (χ2v) is 13.9. The van der Waals surface area contributed by atoms with Gasteiger partial charge in [0.05, 0.1) is 38.5 Å². The molecule has 0 heterocycles. The average Bonchev–Trinajstić information content (AvgIpc) is 3.08. The summed E-state index contributed by atoms with van der Waals surface area (Å²) < 4.78 is 27.7. The highest BCUT2D eigenvalue weighted by Crippen LogP contribution is 2.24. The largest absolute Gasteiger partial charge is 0.494 e. The van der Waals surface area contributed by atoms with E-state index in [4.69, 9.17) is 23.4 Å². The molecule has 1 unspecified atom stereocenters. The lowest BCUT2D eigenvalue weighted by molar-refractivity contribution is -0.151. The molecule has 8 heteroatoms. The van der Waals surface area contributed by atoms with Gasteiger partial charge in [0.2, 0.25) is 0 Å². The maximum atomic E-state index is 12.7. The summed E-state index contributed by atoms with van der Waals surface area (Å²) in [6.07, 6.45) is 11.2. The molecular formula is C38H51O7Si+. The third-order valence-corrected chi connectivity index (χ3v) is 9.52. The smallest absolute Gasteiger partial charge is 0.469 e. The van der Waals surface area contributed by atoms with Gasteiger partial charge in [0.1, 0.15) is 17.2 Å². The van der Waals surface area contributed by atoms with Crippen LogP contribution in [0.1, 0.15) is 88.4 Å². The summed E-state index contributed by atoms with van der Waals surface area (Å²) in [7, 11) is 1.29. The fourth-order valence-electron chi connectivity index (χ4n) is 4.81. The van der Waals surface area contributed by atoms with Crippen molar-refractivity contribution < 1.29 is 33.0 Å². The molecule has 3 aromatic rings. The maximum absolute atomic E-state index is 12.7. The number of unbranched alkanes of at least 4 members (excludes halogenated alkanes) is 8. The zero-order valence-corrected chi connectivity index (χ0v) is 29.1.